The van der Waals surface area contributed by atoms with Gasteiger partial charge < -0.3 is 0 Å². The summed E-state index contributed by atoms with van der Waals surface area (Å²) in [5.41, 5.74) is 4.57. The van der Waals surface area contributed by atoms with E-state index in [4.69, 9.17) is 4.43 Å². The van der Waals surface area contributed by atoms with E-state index in [2.05, 4.69) is 91.3 Å². The van der Waals surface area contributed by atoms with Crippen molar-refractivity contribution in [3.05, 3.63) is 62.5 Å². The van der Waals surface area contributed by atoms with Gasteiger partial charge in [-0.2, -0.15) is 0 Å². The molecule has 2 atom stereocenters. The summed E-state index contributed by atoms with van der Waals surface area (Å²) >= 11 is -3.11. The Morgan fingerprint density at radius 3 is 2.43 bits per heavy atom. The van der Waals surface area contributed by atoms with Crippen molar-refractivity contribution in [1.29, 1.82) is 0 Å². The van der Waals surface area contributed by atoms with Crippen LogP contribution < -0.4 is 0 Å². The molecule has 0 aliphatic heterocycles. The normalized spacial score (nSPS) is 19.9. The first-order chi connectivity index (χ1) is 12.0. The Morgan fingerprint density at radius 1 is 1.14 bits per heavy atom. The van der Waals surface area contributed by atoms with Crippen LogP contribution in [0.4, 0.5) is 0 Å². The maximum atomic E-state index is 6.36. The van der Waals surface area contributed by atoms with Gasteiger partial charge >= 0.3 is 164 Å². The summed E-state index contributed by atoms with van der Waals surface area (Å²) < 4.78 is 14.1. The maximum Gasteiger partial charge on any atom is -0.147 e. The molecule has 0 heterocycles. The van der Waals surface area contributed by atoms with Gasteiger partial charge in [-0.1, -0.05) is 0 Å². The van der Waals surface area contributed by atoms with E-state index in [0.29, 0.717) is 9.73 Å². The Labute approximate surface area is 187 Å². The first-order valence-electron chi connectivity index (χ1n) is 9.88. The molecule has 0 saturated heterocycles. The van der Waals surface area contributed by atoms with Crippen LogP contribution in [0.5, 0.6) is 0 Å². The Morgan fingerprint density at radius 2 is 1.79 bits per heavy atom. The second-order valence-corrected chi connectivity index (χ2v) is 44.3. The third kappa shape index (κ3) is 5.50. The largest absolute Gasteiger partial charge is 0.147 e. The fourth-order valence-corrected chi connectivity index (χ4v) is 21.2. The minimum absolute atomic E-state index is 0. The van der Waals surface area contributed by atoms with E-state index in [0.717, 1.165) is 12.8 Å². The third-order valence-electron chi connectivity index (χ3n) is 5.88. The van der Waals surface area contributed by atoms with Crippen LogP contribution in [0.25, 0.3) is 6.08 Å². The van der Waals surface area contributed by atoms with Gasteiger partial charge in [0.05, 0.1) is 0 Å². The van der Waals surface area contributed by atoms with Gasteiger partial charge in [-0.05, 0) is 0 Å². The molecule has 156 valence electrons. The van der Waals surface area contributed by atoms with Crippen LogP contribution in [0.15, 0.2) is 51.3 Å². The summed E-state index contributed by atoms with van der Waals surface area (Å²) in [5, 5.41) is 0. The molecule has 2 aliphatic rings. The Kier molecular flexibility index (Phi) is 8.65. The quantitative estimate of drug-likeness (QED) is 0.366. The van der Waals surface area contributed by atoms with E-state index in [1.165, 1.54) is 5.56 Å². The molecule has 0 aromatic heterocycles. The van der Waals surface area contributed by atoms with Gasteiger partial charge in [-0.3, -0.25) is 0 Å². The van der Waals surface area contributed by atoms with E-state index < -0.39 is 25.7 Å². The van der Waals surface area contributed by atoms with Crippen LogP contribution in [0.3, 0.4) is 0 Å². The topological polar surface area (TPSA) is 9.23 Å². The summed E-state index contributed by atoms with van der Waals surface area (Å²) in [6.07, 6.45) is 12.2. The van der Waals surface area contributed by atoms with E-state index in [9.17, 15) is 0 Å². The van der Waals surface area contributed by atoms with Gasteiger partial charge in [0.15, 0.2) is 0 Å². The van der Waals surface area contributed by atoms with Crippen molar-refractivity contribution in [3.63, 3.8) is 0 Å². The summed E-state index contributed by atoms with van der Waals surface area (Å²) in [5.74, 6) is 0. The zero-order chi connectivity index (χ0) is 19.2. The molecule has 1 aromatic carbocycles. The summed E-state index contributed by atoms with van der Waals surface area (Å²) in [7, 11) is -1.49. The van der Waals surface area contributed by atoms with Gasteiger partial charge in [0, 0.05) is 0 Å². The summed E-state index contributed by atoms with van der Waals surface area (Å²) in [6.45, 7) is 11.5. The number of hydrogen-bond donors (Lipinski definition) is 0. The van der Waals surface area contributed by atoms with Crippen LogP contribution in [0.2, 0.25) is 28.9 Å². The van der Waals surface area contributed by atoms with Crippen LogP contribution in [-0.4, -0.2) is 21.3 Å². The minimum atomic E-state index is -3.11. The molecule has 0 amide bonds. The first-order valence-corrected chi connectivity index (χ1v) is 26.8. The van der Waals surface area contributed by atoms with Crippen molar-refractivity contribution in [1.82, 2.24) is 0 Å². The molecule has 2 aliphatic carbocycles. The molecule has 28 heavy (non-hydrogen) atoms. The van der Waals surface area contributed by atoms with Crippen LogP contribution in [0, 0.1) is 0 Å². The number of benzene rings is 1. The second-order valence-electron chi connectivity index (χ2n) is 10.1. The molecule has 2 unspecified atom stereocenters. The van der Waals surface area contributed by atoms with Crippen molar-refractivity contribution in [2.24, 2.45) is 0 Å². The molecular weight excluding hydrogens is 499 g/mol. The monoisotopic (exact) mass is 532 g/mol. The van der Waals surface area contributed by atoms with Crippen molar-refractivity contribution >= 4 is 46.1 Å². The van der Waals surface area contributed by atoms with Crippen molar-refractivity contribution in [3.8, 4) is 0 Å². The summed E-state index contributed by atoms with van der Waals surface area (Å²) in [4.78, 5) is 0. The number of rotatable bonds is 6. The average Bonchev–Trinajstić information content (AvgIpc) is 3.11. The van der Waals surface area contributed by atoms with Crippen LogP contribution >= 0.6 is 24.8 Å². The fourth-order valence-electron chi connectivity index (χ4n) is 4.80. The molecule has 0 spiro atoms. The van der Waals surface area contributed by atoms with Crippen LogP contribution in [-0.2, 0) is 21.8 Å². The van der Waals surface area contributed by atoms with Gasteiger partial charge in [-0.15, -0.1) is 24.8 Å². The Bertz CT molecular complexity index is 875. The molecule has 1 aromatic rings. The van der Waals surface area contributed by atoms with Gasteiger partial charge in [-0.25, -0.2) is 0 Å². The van der Waals surface area contributed by atoms with E-state index in [1.807, 2.05) is 0 Å². The number of hydrogen-bond acceptors (Lipinski definition) is 1. The number of fused-ring (bicyclic) bond motifs is 1. The van der Waals surface area contributed by atoms with E-state index >= 15 is 0 Å². The Balaban J connectivity index is 0.00000196. The predicted molar refractivity (Wildman–Crippen MR) is 132 cm³/mol. The molecule has 0 N–H and O–H groups in total. The van der Waals surface area contributed by atoms with Gasteiger partial charge in [0.2, 0.25) is 0 Å². The molecule has 0 radical (unpaired) electrons. The first kappa shape index (κ1) is 26.3. The standard InChI is InChI=1S/C11H19OSi.C9H7.2CH3.2ClH.H2Si.Zr/c1-10(12-13(2,3)4)9-11-7-5-6-8-11;1-2-5-9-7-3-6-8(9)4-1;;;;;;/h5,7,10H,6,9H2,1-4H3;1-7H;2*1H3;2*1H;1H2;. The Hall–Kier alpha value is 0.297. The van der Waals surface area contributed by atoms with Crippen molar-refractivity contribution < 1.29 is 21.8 Å². The van der Waals surface area contributed by atoms with E-state index in [1.54, 1.807) is 14.4 Å². The summed E-state index contributed by atoms with van der Waals surface area (Å²) in [6, 6.07) is 9.00. The molecule has 1 nitrogen and oxygen atoms in total. The van der Waals surface area contributed by atoms with Crippen molar-refractivity contribution in [2.45, 2.75) is 58.4 Å². The van der Waals surface area contributed by atoms with Crippen LogP contribution in [0.1, 0.15) is 34.5 Å². The van der Waals surface area contributed by atoms with Gasteiger partial charge in [0.25, 0.3) is 0 Å². The third-order valence-corrected chi connectivity index (χ3v) is 24.4. The number of halogens is 2. The second kappa shape index (κ2) is 9.20. The smallest absolute Gasteiger partial charge is 0.147 e. The zero-order valence-electron chi connectivity index (χ0n) is 18.1. The molecule has 0 bridgehead atoms. The molecule has 0 saturated carbocycles. The predicted octanol–water partition coefficient (Wildman–Crippen LogP) is 6.78. The average molecular weight is 535 g/mol. The van der Waals surface area contributed by atoms with Gasteiger partial charge in [0.1, 0.15) is 0 Å². The number of allylic oxidation sites excluding steroid dienone is 4. The minimum Gasteiger partial charge on any atom is -0.147 e. The molecule has 0 fully saturated rings. The maximum absolute atomic E-state index is 6.36. The SMILES string of the molecule is CC(CC1=[C]([Zr]([CH3])([CH3])(=[SiH2])[CH]2C=Cc3ccccc32)CC=C1)O[Si](C)(C)C.Cl.Cl. The molecule has 3 rings (SSSR count). The molecular formula is C22H36Cl2OSi2Zr. The fraction of sp³-hybridized carbons (Fsp3) is 0.455. The van der Waals surface area contributed by atoms with Crippen molar-refractivity contribution in [2.75, 3.05) is 0 Å². The van der Waals surface area contributed by atoms with E-state index in [-0.39, 0.29) is 24.8 Å². The molecule has 6 heteroatoms. The zero-order valence-corrected chi connectivity index (χ0v) is 24.6.